The van der Waals surface area contributed by atoms with Gasteiger partial charge in [0, 0.05) is 31.1 Å². The second kappa shape index (κ2) is 6.64. The van der Waals surface area contributed by atoms with Crippen molar-refractivity contribution in [2.75, 3.05) is 24.2 Å². The van der Waals surface area contributed by atoms with Crippen molar-refractivity contribution in [2.45, 2.75) is 37.5 Å². The van der Waals surface area contributed by atoms with Crippen LogP contribution in [0.2, 0.25) is 0 Å². The maximum absolute atomic E-state index is 11.8. The Labute approximate surface area is 131 Å². The van der Waals surface area contributed by atoms with Crippen LogP contribution in [0.1, 0.15) is 32.6 Å². The molecule has 7 heteroatoms. The van der Waals surface area contributed by atoms with Gasteiger partial charge in [-0.3, -0.25) is 10.1 Å². The van der Waals surface area contributed by atoms with Gasteiger partial charge >= 0.3 is 0 Å². The first-order chi connectivity index (χ1) is 10.3. The van der Waals surface area contributed by atoms with Gasteiger partial charge in [-0.25, -0.2) is 8.42 Å². The average Bonchev–Trinajstić information content (AvgIpc) is 2.46. The molecule has 122 valence electrons. The minimum Gasteiger partial charge on any atom is -0.371 e. The number of nitro benzene ring substituents is 1. The summed E-state index contributed by atoms with van der Waals surface area (Å²) in [5.41, 5.74) is 0.403. The highest BCUT2D eigenvalue weighted by atomic mass is 32.2. The maximum atomic E-state index is 11.8. The zero-order valence-electron chi connectivity index (χ0n) is 13.0. The number of hydrogen-bond donors (Lipinski definition) is 0. The molecule has 0 aromatic heterocycles. The molecule has 6 nitrogen and oxygen atoms in total. The van der Waals surface area contributed by atoms with E-state index >= 15 is 0 Å². The monoisotopic (exact) mass is 326 g/mol. The lowest BCUT2D eigenvalue weighted by atomic mass is 9.93. The van der Waals surface area contributed by atoms with Crippen molar-refractivity contribution in [3.63, 3.8) is 0 Å². The van der Waals surface area contributed by atoms with Crippen LogP contribution in [-0.4, -0.2) is 32.7 Å². The van der Waals surface area contributed by atoms with Gasteiger partial charge in [-0.15, -0.1) is 0 Å². The fraction of sp³-hybridized carbons (Fsp3) is 0.600. The third kappa shape index (κ3) is 3.76. The van der Waals surface area contributed by atoms with Crippen molar-refractivity contribution >= 4 is 21.2 Å². The third-order valence-electron chi connectivity index (χ3n) is 4.12. The Morgan fingerprint density at radius 1 is 1.41 bits per heavy atom. The van der Waals surface area contributed by atoms with E-state index in [1.807, 2.05) is 0 Å². The number of hydrogen-bond acceptors (Lipinski definition) is 5. The normalized spacial score (nSPS) is 19.2. The molecule has 1 heterocycles. The van der Waals surface area contributed by atoms with Crippen LogP contribution >= 0.6 is 0 Å². The van der Waals surface area contributed by atoms with E-state index in [0.29, 0.717) is 5.92 Å². The largest absolute Gasteiger partial charge is 0.371 e. The lowest BCUT2D eigenvalue weighted by Gasteiger charge is -2.34. The molecule has 1 fully saturated rings. The Kier molecular flexibility index (Phi) is 5.05. The van der Waals surface area contributed by atoms with Crippen molar-refractivity contribution in [2.24, 2.45) is 5.92 Å². The first kappa shape index (κ1) is 16.7. The van der Waals surface area contributed by atoms with Crippen molar-refractivity contribution in [1.82, 2.24) is 0 Å². The van der Waals surface area contributed by atoms with E-state index in [1.165, 1.54) is 18.6 Å². The SMILES string of the molecule is CCCC1CCCN(c2ccc([N+](=O)[O-])c(S(C)(=O)=O)c2)C1. The standard InChI is InChI=1S/C15H22N2O4S/c1-3-5-12-6-4-9-16(11-12)13-7-8-14(17(18)19)15(10-13)22(2,20)21/h7-8,10,12H,3-6,9,11H2,1-2H3. The summed E-state index contributed by atoms with van der Waals surface area (Å²) in [5.74, 6) is 0.607. The molecule has 0 aliphatic carbocycles. The Morgan fingerprint density at radius 2 is 2.14 bits per heavy atom. The summed E-state index contributed by atoms with van der Waals surface area (Å²) >= 11 is 0. The van der Waals surface area contributed by atoms with Gasteiger partial charge in [-0.1, -0.05) is 13.3 Å². The van der Waals surface area contributed by atoms with Gasteiger partial charge in [-0.2, -0.15) is 0 Å². The summed E-state index contributed by atoms with van der Waals surface area (Å²) in [6.07, 6.45) is 5.55. The molecule has 1 aromatic rings. The van der Waals surface area contributed by atoms with Gasteiger partial charge in [0.15, 0.2) is 9.84 Å². The predicted molar refractivity (Wildman–Crippen MR) is 86.1 cm³/mol. The summed E-state index contributed by atoms with van der Waals surface area (Å²) in [7, 11) is -3.63. The highest BCUT2D eigenvalue weighted by Gasteiger charge is 2.25. The first-order valence-corrected chi connectivity index (χ1v) is 9.45. The van der Waals surface area contributed by atoms with Crippen molar-refractivity contribution in [1.29, 1.82) is 0 Å². The Balaban J connectivity index is 2.34. The van der Waals surface area contributed by atoms with Gasteiger partial charge in [0.05, 0.1) is 4.92 Å². The van der Waals surface area contributed by atoms with Crippen LogP contribution in [0.15, 0.2) is 23.1 Å². The topological polar surface area (TPSA) is 80.5 Å². The first-order valence-electron chi connectivity index (χ1n) is 7.56. The van der Waals surface area contributed by atoms with E-state index in [1.54, 1.807) is 6.07 Å². The highest BCUT2D eigenvalue weighted by Crippen LogP contribution is 2.31. The second-order valence-electron chi connectivity index (χ2n) is 5.92. The van der Waals surface area contributed by atoms with Gasteiger partial charge in [-0.05, 0) is 37.3 Å². The number of nitrogens with zero attached hydrogens (tertiary/aromatic N) is 2. The molecule has 22 heavy (non-hydrogen) atoms. The number of sulfone groups is 1. The van der Waals surface area contributed by atoms with Crippen LogP contribution < -0.4 is 4.90 Å². The molecule has 0 bridgehead atoms. The summed E-state index contributed by atoms with van der Waals surface area (Å²) < 4.78 is 23.7. The van der Waals surface area contributed by atoms with Gasteiger partial charge in [0.25, 0.3) is 5.69 Å². The third-order valence-corrected chi connectivity index (χ3v) is 5.25. The molecular formula is C15H22N2O4S. The predicted octanol–water partition coefficient (Wildman–Crippen LogP) is 3.01. The number of piperidine rings is 1. The van der Waals surface area contributed by atoms with E-state index in [2.05, 4.69) is 11.8 Å². The number of benzene rings is 1. The summed E-state index contributed by atoms with van der Waals surface area (Å²) in [6.45, 7) is 3.91. The summed E-state index contributed by atoms with van der Waals surface area (Å²) in [5, 5.41) is 11.0. The Hall–Kier alpha value is -1.63. The van der Waals surface area contributed by atoms with E-state index in [4.69, 9.17) is 0 Å². The van der Waals surface area contributed by atoms with Crippen molar-refractivity contribution in [3.05, 3.63) is 28.3 Å². The van der Waals surface area contributed by atoms with Gasteiger partial charge in [0.2, 0.25) is 0 Å². The van der Waals surface area contributed by atoms with Crippen LogP contribution in [0.3, 0.4) is 0 Å². The van der Waals surface area contributed by atoms with Crippen molar-refractivity contribution in [3.8, 4) is 0 Å². The maximum Gasteiger partial charge on any atom is 0.288 e. The molecule has 0 N–H and O–H groups in total. The lowest BCUT2D eigenvalue weighted by molar-refractivity contribution is -0.387. The molecular weight excluding hydrogens is 304 g/mol. The molecule has 2 rings (SSSR count). The molecule has 1 aliphatic heterocycles. The van der Waals surface area contributed by atoms with Gasteiger partial charge < -0.3 is 4.90 Å². The van der Waals surface area contributed by atoms with E-state index in [9.17, 15) is 18.5 Å². The van der Waals surface area contributed by atoms with Crippen LogP contribution in [0.5, 0.6) is 0 Å². The van der Waals surface area contributed by atoms with E-state index < -0.39 is 14.8 Å². The smallest absolute Gasteiger partial charge is 0.288 e. The number of anilines is 1. The molecule has 1 aliphatic rings. The molecule has 1 unspecified atom stereocenters. The Bertz CT molecular complexity index is 656. The quantitative estimate of drug-likeness (QED) is 0.614. The number of nitro groups is 1. The van der Waals surface area contributed by atoms with Crippen LogP contribution in [-0.2, 0) is 9.84 Å². The van der Waals surface area contributed by atoms with Gasteiger partial charge in [0.1, 0.15) is 4.90 Å². The molecule has 0 radical (unpaired) electrons. The molecule has 1 atom stereocenters. The zero-order chi connectivity index (χ0) is 16.3. The second-order valence-corrected chi connectivity index (χ2v) is 7.91. The van der Waals surface area contributed by atoms with Crippen LogP contribution in [0.25, 0.3) is 0 Å². The Morgan fingerprint density at radius 3 is 2.73 bits per heavy atom. The molecule has 0 spiro atoms. The van der Waals surface area contributed by atoms with Crippen LogP contribution in [0, 0.1) is 16.0 Å². The summed E-state index contributed by atoms with van der Waals surface area (Å²) in [6, 6.07) is 4.40. The minimum atomic E-state index is -3.63. The highest BCUT2D eigenvalue weighted by molar-refractivity contribution is 7.90. The molecule has 0 amide bonds. The lowest BCUT2D eigenvalue weighted by Crippen LogP contribution is -2.35. The van der Waals surface area contributed by atoms with E-state index in [-0.39, 0.29) is 10.6 Å². The van der Waals surface area contributed by atoms with E-state index in [0.717, 1.165) is 44.3 Å². The number of rotatable bonds is 5. The fourth-order valence-electron chi connectivity index (χ4n) is 3.09. The summed E-state index contributed by atoms with van der Waals surface area (Å²) in [4.78, 5) is 12.3. The molecule has 1 aromatic carbocycles. The molecule has 0 saturated carbocycles. The van der Waals surface area contributed by atoms with Crippen LogP contribution in [0.4, 0.5) is 11.4 Å². The minimum absolute atomic E-state index is 0.201. The molecule has 1 saturated heterocycles. The van der Waals surface area contributed by atoms with Crippen molar-refractivity contribution < 1.29 is 13.3 Å². The average molecular weight is 326 g/mol. The fourth-order valence-corrected chi connectivity index (χ4v) is 3.95. The zero-order valence-corrected chi connectivity index (χ0v) is 13.8.